The van der Waals surface area contributed by atoms with Crippen LogP contribution in [-0.4, -0.2) is 28.5 Å². The number of hydrogen-bond donors (Lipinski definition) is 2. The quantitative estimate of drug-likeness (QED) is 0.436. The van der Waals surface area contributed by atoms with Crippen LogP contribution >= 0.6 is 11.6 Å². The molecule has 1 amide bonds. The van der Waals surface area contributed by atoms with E-state index in [1.807, 2.05) is 0 Å². The van der Waals surface area contributed by atoms with E-state index in [2.05, 4.69) is 10.0 Å². The number of carbonyl (C=O) groups is 1. The Morgan fingerprint density at radius 2 is 1.67 bits per heavy atom. The number of carbonyl (C=O) groups excluding carboxylic acids is 1. The highest BCUT2D eigenvalue weighted by molar-refractivity contribution is 7.92. The Balaban J connectivity index is 1.86. The molecule has 3 aromatic rings. The molecule has 0 saturated carbocycles. The number of nitrogens with one attached hydrogen (secondary N) is 2. The zero-order valence-electron chi connectivity index (χ0n) is 17.6. The fourth-order valence-electron chi connectivity index (χ4n) is 2.89. The highest BCUT2D eigenvalue weighted by Crippen LogP contribution is 2.31. The van der Waals surface area contributed by atoms with E-state index in [1.165, 1.54) is 56.7 Å². The average Bonchev–Trinajstić information content (AvgIpc) is 2.79. The smallest absolute Gasteiger partial charge is 0.262 e. The number of halogens is 2. The molecule has 0 saturated heterocycles. The van der Waals surface area contributed by atoms with Gasteiger partial charge in [-0.1, -0.05) is 29.8 Å². The van der Waals surface area contributed by atoms with Crippen molar-refractivity contribution in [1.29, 1.82) is 0 Å². The molecule has 0 aromatic heterocycles. The molecule has 2 N–H and O–H groups in total. The zero-order valence-corrected chi connectivity index (χ0v) is 19.2. The van der Waals surface area contributed by atoms with E-state index < -0.39 is 21.7 Å². The van der Waals surface area contributed by atoms with Gasteiger partial charge in [-0.05, 0) is 48.5 Å². The minimum absolute atomic E-state index is 0.0543. The first-order chi connectivity index (χ1) is 15.7. The van der Waals surface area contributed by atoms with Gasteiger partial charge in [0, 0.05) is 11.6 Å². The Labute approximate surface area is 195 Å². The summed E-state index contributed by atoms with van der Waals surface area (Å²) in [6, 6.07) is 14.7. The van der Waals surface area contributed by atoms with Crippen molar-refractivity contribution in [2.24, 2.45) is 0 Å². The summed E-state index contributed by atoms with van der Waals surface area (Å²) in [4.78, 5) is 12.3. The van der Waals surface area contributed by atoms with E-state index in [-0.39, 0.29) is 32.6 Å². The van der Waals surface area contributed by atoms with Crippen LogP contribution < -0.4 is 19.5 Å². The first-order valence-electron chi connectivity index (χ1n) is 9.52. The molecule has 0 spiro atoms. The maximum absolute atomic E-state index is 13.9. The fourth-order valence-corrected chi connectivity index (χ4v) is 4.21. The van der Waals surface area contributed by atoms with Gasteiger partial charge in [0.05, 0.1) is 35.5 Å². The van der Waals surface area contributed by atoms with E-state index in [0.29, 0.717) is 5.75 Å². The highest BCUT2D eigenvalue weighted by atomic mass is 35.5. The van der Waals surface area contributed by atoms with Crippen molar-refractivity contribution in [3.05, 3.63) is 83.1 Å². The van der Waals surface area contributed by atoms with Crippen molar-refractivity contribution in [1.82, 2.24) is 0 Å². The predicted molar refractivity (Wildman–Crippen MR) is 126 cm³/mol. The summed E-state index contributed by atoms with van der Waals surface area (Å²) in [7, 11) is -1.21. The Kier molecular flexibility index (Phi) is 7.57. The number of sulfonamides is 1. The molecule has 0 aliphatic carbocycles. The molecule has 0 atom stereocenters. The molecule has 3 aromatic carbocycles. The number of hydrogen-bond acceptors (Lipinski definition) is 5. The Hall–Kier alpha value is -3.56. The largest absolute Gasteiger partial charge is 0.495 e. The molecule has 0 radical (unpaired) electrons. The SMILES string of the molecule is COc1ccc(S(=O)(=O)Nc2ccccc2OC)cc1NC(=O)/C=C/c1c(F)cccc1Cl. The van der Waals surface area contributed by atoms with E-state index in [1.54, 1.807) is 24.3 Å². The van der Waals surface area contributed by atoms with Gasteiger partial charge in [-0.25, -0.2) is 12.8 Å². The van der Waals surface area contributed by atoms with Gasteiger partial charge in [0.15, 0.2) is 0 Å². The third kappa shape index (κ3) is 5.82. The third-order valence-electron chi connectivity index (χ3n) is 4.49. The number of rotatable bonds is 8. The summed E-state index contributed by atoms with van der Waals surface area (Å²) in [5.41, 5.74) is 0.416. The van der Waals surface area contributed by atoms with Crippen LogP contribution in [0.25, 0.3) is 6.08 Å². The van der Waals surface area contributed by atoms with Gasteiger partial charge < -0.3 is 14.8 Å². The molecule has 0 heterocycles. The van der Waals surface area contributed by atoms with Gasteiger partial charge in [0.25, 0.3) is 10.0 Å². The van der Waals surface area contributed by atoms with E-state index in [0.717, 1.165) is 6.08 Å². The number of anilines is 2. The monoisotopic (exact) mass is 490 g/mol. The molecule has 0 bridgehead atoms. The van der Waals surface area contributed by atoms with Crippen LogP contribution in [0.1, 0.15) is 5.56 Å². The minimum Gasteiger partial charge on any atom is -0.495 e. The summed E-state index contributed by atoms with van der Waals surface area (Å²) in [5, 5.41) is 2.68. The van der Waals surface area contributed by atoms with Gasteiger partial charge in [-0.15, -0.1) is 0 Å². The second-order valence-electron chi connectivity index (χ2n) is 6.63. The molecule has 0 fully saturated rings. The van der Waals surface area contributed by atoms with Crippen LogP contribution in [0.3, 0.4) is 0 Å². The maximum Gasteiger partial charge on any atom is 0.262 e. The number of amides is 1. The molecular formula is C23H20ClFN2O5S. The molecule has 172 valence electrons. The molecule has 0 aliphatic heterocycles. The third-order valence-corrected chi connectivity index (χ3v) is 6.18. The standard InChI is InChI=1S/C23H20ClFN2O5S/c1-31-21-9-4-3-8-19(21)27-33(29,30)15-10-12-22(32-2)20(14-15)26-23(28)13-11-16-17(24)6-5-7-18(16)25/h3-14,27H,1-2H3,(H,26,28)/b13-11+. The van der Waals surface area contributed by atoms with Crippen molar-refractivity contribution >= 4 is 45.0 Å². The summed E-state index contributed by atoms with van der Waals surface area (Å²) >= 11 is 5.95. The van der Waals surface area contributed by atoms with Crippen molar-refractivity contribution in [3.63, 3.8) is 0 Å². The van der Waals surface area contributed by atoms with E-state index in [9.17, 15) is 17.6 Å². The van der Waals surface area contributed by atoms with Crippen LogP contribution in [0.2, 0.25) is 5.02 Å². The number of benzene rings is 3. The lowest BCUT2D eigenvalue weighted by Gasteiger charge is -2.14. The minimum atomic E-state index is -4.02. The molecule has 3 rings (SSSR count). The number of para-hydroxylation sites is 2. The molecule has 33 heavy (non-hydrogen) atoms. The van der Waals surface area contributed by atoms with E-state index in [4.69, 9.17) is 21.1 Å². The second kappa shape index (κ2) is 10.4. The van der Waals surface area contributed by atoms with Gasteiger partial charge in [-0.3, -0.25) is 9.52 Å². The van der Waals surface area contributed by atoms with Crippen molar-refractivity contribution in [2.45, 2.75) is 4.90 Å². The summed E-state index contributed by atoms with van der Waals surface area (Å²) in [6.07, 6.45) is 2.31. The first-order valence-corrected chi connectivity index (χ1v) is 11.4. The summed E-state index contributed by atoms with van der Waals surface area (Å²) in [5.74, 6) is -0.642. The van der Waals surface area contributed by atoms with Crippen molar-refractivity contribution in [2.75, 3.05) is 24.3 Å². The topological polar surface area (TPSA) is 93.7 Å². The Morgan fingerprint density at radius 3 is 2.36 bits per heavy atom. The Bertz CT molecular complexity index is 1290. The van der Waals surface area contributed by atoms with Gasteiger partial charge >= 0.3 is 0 Å². The van der Waals surface area contributed by atoms with Crippen LogP contribution in [0.15, 0.2) is 71.6 Å². The zero-order chi connectivity index (χ0) is 24.0. The molecular weight excluding hydrogens is 471 g/mol. The molecule has 7 nitrogen and oxygen atoms in total. The van der Waals surface area contributed by atoms with Crippen LogP contribution in [0.5, 0.6) is 11.5 Å². The predicted octanol–water partition coefficient (Wildman–Crippen LogP) is 4.95. The van der Waals surface area contributed by atoms with Gasteiger partial charge in [0.1, 0.15) is 17.3 Å². The summed E-state index contributed by atoms with van der Waals surface area (Å²) < 4.78 is 52.5. The normalized spacial score (nSPS) is 11.3. The average molecular weight is 491 g/mol. The van der Waals surface area contributed by atoms with Gasteiger partial charge in [0.2, 0.25) is 5.91 Å². The second-order valence-corrected chi connectivity index (χ2v) is 8.72. The molecule has 0 aliphatic rings. The van der Waals surface area contributed by atoms with Crippen molar-refractivity contribution in [3.8, 4) is 11.5 Å². The van der Waals surface area contributed by atoms with Crippen LogP contribution in [-0.2, 0) is 14.8 Å². The van der Waals surface area contributed by atoms with Crippen LogP contribution in [0, 0.1) is 5.82 Å². The number of ether oxygens (including phenoxy) is 2. The highest BCUT2D eigenvalue weighted by Gasteiger charge is 2.19. The lowest BCUT2D eigenvalue weighted by atomic mass is 10.2. The maximum atomic E-state index is 13.9. The molecule has 0 unspecified atom stereocenters. The van der Waals surface area contributed by atoms with Gasteiger partial charge in [-0.2, -0.15) is 0 Å². The lowest BCUT2D eigenvalue weighted by Crippen LogP contribution is -2.15. The molecule has 10 heteroatoms. The number of methoxy groups -OCH3 is 2. The van der Waals surface area contributed by atoms with Crippen LogP contribution in [0.4, 0.5) is 15.8 Å². The lowest BCUT2D eigenvalue weighted by molar-refractivity contribution is -0.111. The first kappa shape index (κ1) is 24.1. The van der Waals surface area contributed by atoms with Crippen molar-refractivity contribution < 1.29 is 27.1 Å². The van der Waals surface area contributed by atoms with E-state index >= 15 is 0 Å². The Morgan fingerprint density at radius 1 is 0.970 bits per heavy atom. The fraction of sp³-hybridized carbons (Fsp3) is 0.0870. The summed E-state index contributed by atoms with van der Waals surface area (Å²) in [6.45, 7) is 0.